The normalized spacial score (nSPS) is 35.9. The molecule has 2 atom stereocenters. The van der Waals surface area contributed by atoms with Crippen LogP contribution in [0.5, 0.6) is 0 Å². The smallest absolute Gasteiger partial charge is 0.0231 e. The van der Waals surface area contributed by atoms with E-state index in [1.165, 1.54) is 52.1 Å². The van der Waals surface area contributed by atoms with Crippen molar-refractivity contribution in [3.05, 3.63) is 0 Å². The molecule has 3 rings (SSSR count). The number of thiol groups is 1. The van der Waals surface area contributed by atoms with E-state index in [4.69, 9.17) is 0 Å². The number of rotatable bonds is 2. The zero-order valence-corrected chi connectivity index (χ0v) is 14.5. The number of piperidine rings is 1. The van der Waals surface area contributed by atoms with Crippen molar-refractivity contribution in [2.24, 2.45) is 10.8 Å². The van der Waals surface area contributed by atoms with Gasteiger partial charge in [-0.05, 0) is 31.7 Å². The molecule has 0 saturated carbocycles. The van der Waals surface area contributed by atoms with Gasteiger partial charge in [-0.3, -0.25) is 9.21 Å². The van der Waals surface area contributed by atoms with Crippen LogP contribution in [-0.4, -0.2) is 65.5 Å². The Bertz CT molecular complexity index is 351. The highest BCUT2D eigenvalue weighted by Gasteiger charge is 2.52. The predicted molar refractivity (Wildman–Crippen MR) is 88.1 cm³/mol. The Kier molecular flexibility index (Phi) is 3.90. The van der Waals surface area contributed by atoms with Gasteiger partial charge < -0.3 is 4.90 Å². The molecule has 1 unspecified atom stereocenters. The van der Waals surface area contributed by atoms with Gasteiger partial charge in [0.05, 0.1) is 0 Å². The highest BCUT2D eigenvalue weighted by Crippen LogP contribution is 2.43. The average Bonchev–Trinajstić information content (AvgIpc) is 2.23. The van der Waals surface area contributed by atoms with Crippen LogP contribution in [-0.2, 0) is 0 Å². The van der Waals surface area contributed by atoms with Crippen LogP contribution < -0.4 is 0 Å². The number of likely N-dealkylation sites (tertiary alicyclic amines) is 2. The summed E-state index contributed by atoms with van der Waals surface area (Å²) in [7, 11) is 0. The summed E-state index contributed by atoms with van der Waals surface area (Å²) in [5.74, 6) is 0. The Morgan fingerprint density at radius 3 is 2.30 bits per heavy atom. The molecule has 0 N–H and O–H groups in total. The predicted octanol–water partition coefficient (Wildman–Crippen LogP) is 2.35. The van der Waals surface area contributed by atoms with E-state index < -0.39 is 0 Å². The van der Waals surface area contributed by atoms with Gasteiger partial charge in [0.1, 0.15) is 0 Å². The van der Waals surface area contributed by atoms with Crippen molar-refractivity contribution >= 4 is 12.8 Å². The van der Waals surface area contributed by atoms with Gasteiger partial charge in [-0.2, -0.15) is 0 Å². The standard InChI is InChI=1S/C16H31N3S/c1-13-7-14(5-6-17(13)8-15(2,3)4)18-9-16(10-18)11-19(20)12-16/h13-14,20H,5-12H2,1-4H3/t13-,14?/m1/s1. The minimum absolute atomic E-state index is 0.421. The van der Waals surface area contributed by atoms with Crippen LogP contribution in [0.15, 0.2) is 0 Å². The minimum atomic E-state index is 0.421. The van der Waals surface area contributed by atoms with Gasteiger partial charge in [-0.25, -0.2) is 0 Å². The molecule has 0 aromatic heterocycles. The topological polar surface area (TPSA) is 9.72 Å². The molecule has 4 heteroatoms. The van der Waals surface area contributed by atoms with Gasteiger partial charge in [0.2, 0.25) is 0 Å². The molecule has 3 aliphatic rings. The molecule has 0 bridgehead atoms. The minimum Gasteiger partial charge on any atom is -0.300 e. The lowest BCUT2D eigenvalue weighted by Gasteiger charge is -2.62. The molecule has 20 heavy (non-hydrogen) atoms. The molecule has 0 aliphatic carbocycles. The fraction of sp³-hybridized carbons (Fsp3) is 1.00. The number of nitrogens with zero attached hydrogens (tertiary/aromatic N) is 3. The number of hydrogen-bond acceptors (Lipinski definition) is 4. The maximum absolute atomic E-state index is 4.42. The zero-order valence-electron chi connectivity index (χ0n) is 13.6. The first-order valence-corrected chi connectivity index (χ1v) is 8.58. The maximum atomic E-state index is 4.42. The Morgan fingerprint density at radius 1 is 1.15 bits per heavy atom. The molecule has 116 valence electrons. The molecule has 0 radical (unpaired) electrons. The molecule has 0 aromatic carbocycles. The zero-order chi connectivity index (χ0) is 14.5. The van der Waals surface area contributed by atoms with Crippen LogP contribution >= 0.6 is 12.8 Å². The SMILES string of the molecule is C[C@@H]1CC(N2CC3(CN(S)C3)C2)CCN1CC(C)(C)C. The summed E-state index contributed by atoms with van der Waals surface area (Å²) in [4.78, 5) is 5.44. The van der Waals surface area contributed by atoms with Crippen LogP contribution in [0.25, 0.3) is 0 Å². The van der Waals surface area contributed by atoms with Crippen LogP contribution in [0.3, 0.4) is 0 Å². The second kappa shape index (κ2) is 5.15. The average molecular weight is 298 g/mol. The van der Waals surface area contributed by atoms with Gasteiger partial charge in [-0.1, -0.05) is 33.6 Å². The molecule has 3 saturated heterocycles. The van der Waals surface area contributed by atoms with E-state index in [0.717, 1.165) is 12.1 Å². The Hall–Kier alpha value is 0.230. The van der Waals surface area contributed by atoms with E-state index in [2.05, 4.69) is 54.6 Å². The first-order valence-electron chi connectivity index (χ1n) is 8.18. The molecule has 3 nitrogen and oxygen atoms in total. The van der Waals surface area contributed by atoms with Crippen LogP contribution in [0.2, 0.25) is 0 Å². The second-order valence-electron chi connectivity index (χ2n) is 8.79. The van der Waals surface area contributed by atoms with Crippen molar-refractivity contribution in [3.8, 4) is 0 Å². The Morgan fingerprint density at radius 2 is 1.80 bits per heavy atom. The Labute approximate surface area is 130 Å². The second-order valence-corrected chi connectivity index (χ2v) is 9.35. The van der Waals surface area contributed by atoms with Crippen molar-refractivity contribution in [2.45, 2.75) is 52.6 Å². The molecule has 0 amide bonds. The van der Waals surface area contributed by atoms with Crippen LogP contribution in [0.4, 0.5) is 0 Å². The lowest BCUT2D eigenvalue weighted by Crippen LogP contribution is -2.72. The van der Waals surface area contributed by atoms with Gasteiger partial charge in [0.15, 0.2) is 0 Å². The van der Waals surface area contributed by atoms with Gasteiger partial charge in [0.25, 0.3) is 0 Å². The van der Waals surface area contributed by atoms with Crippen molar-refractivity contribution in [1.82, 2.24) is 14.1 Å². The number of hydrogen-bond donors (Lipinski definition) is 1. The summed E-state index contributed by atoms with van der Waals surface area (Å²) in [6.45, 7) is 17.0. The van der Waals surface area contributed by atoms with Gasteiger partial charge >= 0.3 is 0 Å². The van der Waals surface area contributed by atoms with E-state index in [0.29, 0.717) is 10.8 Å². The van der Waals surface area contributed by atoms with Crippen molar-refractivity contribution in [3.63, 3.8) is 0 Å². The summed E-state index contributed by atoms with van der Waals surface area (Å²) >= 11 is 4.42. The van der Waals surface area contributed by atoms with Crippen molar-refractivity contribution in [1.29, 1.82) is 0 Å². The molecule has 3 aliphatic heterocycles. The van der Waals surface area contributed by atoms with Crippen LogP contribution in [0.1, 0.15) is 40.5 Å². The first kappa shape index (κ1) is 15.1. The molecule has 3 fully saturated rings. The summed E-state index contributed by atoms with van der Waals surface area (Å²) in [5.41, 5.74) is 1.04. The molecule has 1 spiro atoms. The first-order chi connectivity index (χ1) is 9.26. The largest absolute Gasteiger partial charge is 0.300 e. The van der Waals surface area contributed by atoms with E-state index >= 15 is 0 Å². The lowest BCUT2D eigenvalue weighted by molar-refractivity contribution is -0.110. The van der Waals surface area contributed by atoms with Crippen LogP contribution in [0, 0.1) is 10.8 Å². The lowest BCUT2D eigenvalue weighted by atomic mass is 9.73. The summed E-state index contributed by atoms with van der Waals surface area (Å²) in [5, 5.41) is 0. The highest BCUT2D eigenvalue weighted by molar-refractivity contribution is 7.77. The van der Waals surface area contributed by atoms with E-state index in [-0.39, 0.29) is 0 Å². The third-order valence-corrected chi connectivity index (χ3v) is 5.58. The third-order valence-electron chi connectivity index (χ3n) is 5.29. The molecular weight excluding hydrogens is 266 g/mol. The maximum Gasteiger partial charge on any atom is 0.0231 e. The van der Waals surface area contributed by atoms with Gasteiger partial charge in [-0.15, -0.1) is 0 Å². The quantitative estimate of drug-likeness (QED) is 0.785. The summed E-state index contributed by atoms with van der Waals surface area (Å²) in [6.07, 6.45) is 2.72. The fourth-order valence-corrected chi connectivity index (χ4v) is 4.97. The Balaban J connectivity index is 1.46. The van der Waals surface area contributed by atoms with Crippen molar-refractivity contribution in [2.75, 3.05) is 39.3 Å². The third kappa shape index (κ3) is 3.03. The van der Waals surface area contributed by atoms with Crippen molar-refractivity contribution < 1.29 is 0 Å². The van der Waals surface area contributed by atoms with E-state index in [9.17, 15) is 0 Å². The van der Waals surface area contributed by atoms with Gasteiger partial charge in [0, 0.05) is 50.2 Å². The van der Waals surface area contributed by atoms with E-state index in [1.807, 2.05) is 0 Å². The molecule has 3 heterocycles. The van der Waals surface area contributed by atoms with E-state index in [1.54, 1.807) is 0 Å². The monoisotopic (exact) mass is 297 g/mol. The highest BCUT2D eigenvalue weighted by atomic mass is 32.1. The molecular formula is C16H31N3S. The fourth-order valence-electron chi connectivity index (χ4n) is 4.37. The molecule has 0 aromatic rings. The summed E-state index contributed by atoms with van der Waals surface area (Å²) in [6, 6.07) is 1.58. The summed E-state index contributed by atoms with van der Waals surface area (Å²) < 4.78 is 2.16.